The largest absolute Gasteiger partial charge is 0.469 e. The summed E-state index contributed by atoms with van der Waals surface area (Å²) in [6.45, 7) is 2.68. The molecule has 0 aliphatic carbocycles. The maximum Gasteiger partial charge on any atom is 0.406 e. The van der Waals surface area contributed by atoms with E-state index in [1.165, 1.54) is 49.2 Å². The third kappa shape index (κ3) is 28.0. The fourth-order valence-corrected chi connectivity index (χ4v) is 4.91. The number of nitrogens with one attached hydrogen (secondary N) is 1. The molecule has 1 fully saturated rings. The van der Waals surface area contributed by atoms with Gasteiger partial charge in [-0.15, -0.1) is 21.0 Å². The number of hydrogen-bond donors (Lipinski definition) is 2. The molecule has 0 aromatic carbocycles. The number of thiol groups is 1. The minimum Gasteiger partial charge on any atom is -0.469 e. The molecule has 47 heavy (non-hydrogen) atoms. The quantitative estimate of drug-likeness (QED) is 0.0607. The topological polar surface area (TPSA) is 174 Å². The van der Waals surface area contributed by atoms with Crippen molar-refractivity contribution < 1.29 is 47.8 Å². The zero-order valence-electron chi connectivity index (χ0n) is 26.7. The summed E-state index contributed by atoms with van der Waals surface area (Å²) in [5.41, 5.74) is 0.225. The number of ether oxygens (including phenoxy) is 2. The van der Waals surface area contributed by atoms with E-state index >= 15 is 0 Å². The standard InChI is InChI=1S/C13H20NO5PS.C8H10N2O4.C4H9OPS.C2H7P.I2/c1-19-11(16)4-2-6-14-10(15)8-9(13(14)18)21-7-3-5-12(17)20;1-14-8(13)9-4-5-10-6(11)2-3-7(10)12;5-4(6)2-1-3-7;1-2-3;1-2/h9H,2-8,20H2,1H3;2-3H,4-5H2,1H3,(H,9,13);7H,1-3,6H2;2-3H2,1H3;. The number of carbonyl (C=O) groups excluding carboxylic acids is 8. The van der Waals surface area contributed by atoms with Gasteiger partial charge in [0.15, 0.2) is 0 Å². The first-order valence-electron chi connectivity index (χ1n) is 14.2. The lowest BCUT2D eigenvalue weighted by Crippen LogP contribution is -2.38. The average molecular weight is 984 g/mol. The van der Waals surface area contributed by atoms with Gasteiger partial charge >= 0.3 is 12.1 Å². The van der Waals surface area contributed by atoms with E-state index in [4.69, 9.17) is 0 Å². The summed E-state index contributed by atoms with van der Waals surface area (Å²) in [4.78, 5) is 90.7. The van der Waals surface area contributed by atoms with Gasteiger partial charge in [0.05, 0.1) is 19.5 Å². The monoisotopic (exact) mass is 983 g/mol. The molecule has 2 heterocycles. The molecule has 0 aromatic heterocycles. The zero-order valence-corrected chi connectivity index (χ0v) is 36.2. The second-order valence-corrected chi connectivity index (χ2v) is 12.8. The van der Waals surface area contributed by atoms with Crippen molar-refractivity contribution in [3.8, 4) is 0 Å². The van der Waals surface area contributed by atoms with Gasteiger partial charge in [-0.3, -0.25) is 43.4 Å². The molecule has 4 atom stereocenters. The predicted molar refractivity (Wildman–Crippen MR) is 215 cm³/mol. The smallest absolute Gasteiger partial charge is 0.406 e. The molecule has 2 aliphatic heterocycles. The summed E-state index contributed by atoms with van der Waals surface area (Å²) < 4.78 is 8.83. The van der Waals surface area contributed by atoms with Gasteiger partial charge in [0.2, 0.25) is 11.8 Å². The molecule has 2 aliphatic rings. The van der Waals surface area contributed by atoms with Gasteiger partial charge in [-0.2, -0.15) is 12.6 Å². The molecule has 5 amide bonds. The van der Waals surface area contributed by atoms with Crippen molar-refractivity contribution in [2.75, 3.05) is 51.5 Å². The maximum absolute atomic E-state index is 12.1. The molecule has 0 bridgehead atoms. The van der Waals surface area contributed by atoms with E-state index in [-0.39, 0.29) is 78.4 Å². The number of imide groups is 2. The second-order valence-electron chi connectivity index (χ2n) is 8.98. The third-order valence-electron chi connectivity index (χ3n) is 5.35. The number of esters is 1. The minimum absolute atomic E-state index is 0.0499. The van der Waals surface area contributed by atoms with Crippen LogP contribution >= 0.6 is 89.3 Å². The van der Waals surface area contributed by atoms with E-state index in [1.54, 1.807) is 0 Å². The predicted octanol–water partition coefficient (Wildman–Crippen LogP) is 4.00. The van der Waals surface area contributed by atoms with Crippen LogP contribution in [0.4, 0.5) is 4.79 Å². The number of alkyl carbamates (subject to hydrolysis) is 1. The van der Waals surface area contributed by atoms with Crippen LogP contribution in [-0.4, -0.2) is 113 Å². The van der Waals surface area contributed by atoms with Crippen LogP contribution in [0.3, 0.4) is 0 Å². The van der Waals surface area contributed by atoms with Crippen LogP contribution in [0.2, 0.25) is 0 Å². The van der Waals surface area contributed by atoms with Gasteiger partial charge in [0, 0.05) is 94.7 Å². The van der Waals surface area contributed by atoms with E-state index in [9.17, 15) is 38.4 Å². The van der Waals surface area contributed by atoms with E-state index in [0.717, 1.165) is 17.1 Å². The van der Waals surface area contributed by atoms with Crippen LogP contribution < -0.4 is 5.32 Å². The zero-order chi connectivity index (χ0) is 36.8. The molecule has 0 spiro atoms. The van der Waals surface area contributed by atoms with Crippen molar-refractivity contribution in [2.45, 2.75) is 57.1 Å². The summed E-state index contributed by atoms with van der Waals surface area (Å²) in [5, 5.41) is 2.01. The number of hydrogen-bond acceptors (Lipinski definition) is 12. The van der Waals surface area contributed by atoms with Gasteiger partial charge < -0.3 is 14.8 Å². The number of halogens is 2. The molecule has 0 saturated carbocycles. The van der Waals surface area contributed by atoms with Crippen LogP contribution in [0.1, 0.15) is 51.9 Å². The van der Waals surface area contributed by atoms with Gasteiger partial charge in [-0.25, -0.2) is 4.79 Å². The first-order valence-corrected chi connectivity index (χ1v) is 24.1. The first kappa shape index (κ1) is 50.9. The Labute approximate surface area is 317 Å². The average Bonchev–Trinajstić information content (AvgIpc) is 3.51. The Hall–Kier alpha value is -0.450. The van der Waals surface area contributed by atoms with Crippen LogP contribution in [0.25, 0.3) is 0 Å². The summed E-state index contributed by atoms with van der Waals surface area (Å²) in [7, 11) is 9.38. The lowest BCUT2D eigenvalue weighted by Gasteiger charge is -2.14. The second kappa shape index (κ2) is 34.0. The highest BCUT2D eigenvalue weighted by Gasteiger charge is 2.38. The molecule has 1 saturated heterocycles. The number of likely N-dealkylation sites (tertiary alicyclic amines) is 1. The van der Waals surface area contributed by atoms with E-state index in [2.05, 4.69) is 99.3 Å². The van der Waals surface area contributed by atoms with Crippen molar-refractivity contribution >= 4 is 136 Å². The van der Waals surface area contributed by atoms with Crippen molar-refractivity contribution in [1.82, 2.24) is 15.1 Å². The van der Waals surface area contributed by atoms with E-state index in [1.807, 2.05) is 0 Å². The molecule has 13 nitrogen and oxygen atoms in total. The Morgan fingerprint density at radius 1 is 0.915 bits per heavy atom. The molecule has 0 radical (unpaired) electrons. The number of amides is 5. The Morgan fingerprint density at radius 2 is 1.45 bits per heavy atom. The molecule has 2 rings (SSSR count). The molecule has 4 unspecified atom stereocenters. The van der Waals surface area contributed by atoms with Crippen LogP contribution in [-0.2, 0) is 43.0 Å². The number of carbonyl (C=O) groups is 8. The molecule has 20 heteroatoms. The van der Waals surface area contributed by atoms with E-state index < -0.39 is 6.09 Å². The maximum atomic E-state index is 12.1. The lowest BCUT2D eigenvalue weighted by atomic mass is 10.3. The van der Waals surface area contributed by atoms with Crippen molar-refractivity contribution in [3.63, 3.8) is 0 Å². The van der Waals surface area contributed by atoms with Gasteiger partial charge in [-0.05, 0) is 36.9 Å². The van der Waals surface area contributed by atoms with Crippen molar-refractivity contribution in [2.24, 2.45) is 0 Å². The normalized spacial score (nSPS) is 14.4. The van der Waals surface area contributed by atoms with Crippen molar-refractivity contribution in [1.29, 1.82) is 0 Å². The van der Waals surface area contributed by atoms with E-state index in [0.29, 0.717) is 31.4 Å². The molecule has 0 aromatic rings. The fraction of sp³-hybridized carbons (Fsp3) is 0.630. The highest BCUT2D eigenvalue weighted by atomic mass is 128. The molecule has 270 valence electrons. The number of nitrogens with zero attached hydrogens (tertiary/aromatic N) is 2. The summed E-state index contributed by atoms with van der Waals surface area (Å²) in [6, 6.07) is 0. The fourth-order valence-electron chi connectivity index (χ4n) is 3.22. The third-order valence-corrected chi connectivity index (χ3v) is 7.54. The van der Waals surface area contributed by atoms with Crippen LogP contribution in [0.15, 0.2) is 12.2 Å². The Bertz CT molecular complexity index is 1030. The summed E-state index contributed by atoms with van der Waals surface area (Å²) >= 11 is 9.59. The summed E-state index contributed by atoms with van der Waals surface area (Å²) in [5.74, 6) is 0.0435. The minimum atomic E-state index is -0.586. The Kier molecular flexibility index (Phi) is 36.9. The lowest BCUT2D eigenvalue weighted by molar-refractivity contribution is -0.143. The Balaban J connectivity index is -0.000000638. The van der Waals surface area contributed by atoms with Gasteiger partial charge in [-0.1, -0.05) is 25.4 Å². The number of thioether (sulfide) groups is 1. The van der Waals surface area contributed by atoms with Gasteiger partial charge in [0.1, 0.15) is 11.0 Å². The van der Waals surface area contributed by atoms with Gasteiger partial charge in [0.25, 0.3) is 11.8 Å². The molecular weight excluding hydrogens is 937 g/mol. The SMILES string of the molecule is CCP.COC(=O)CCCN1C(=O)CC(SCCCC(=O)P)C1=O.COC(=O)NCCN1C(=O)C=CC1=O.II.O=C(P)CCCS. The number of methoxy groups -OCH3 is 2. The van der Waals surface area contributed by atoms with Crippen LogP contribution in [0, 0.1) is 0 Å². The Morgan fingerprint density at radius 3 is 1.89 bits per heavy atom. The molecule has 1 N–H and O–H groups in total. The highest BCUT2D eigenvalue weighted by molar-refractivity contribution is 15.0. The van der Waals surface area contributed by atoms with Crippen LogP contribution in [0.5, 0.6) is 0 Å². The first-order chi connectivity index (χ1) is 22.3. The summed E-state index contributed by atoms with van der Waals surface area (Å²) in [6.07, 6.45) is 6.50. The molecular formula is C27H46I2N3O10P3S2. The highest BCUT2D eigenvalue weighted by Crippen LogP contribution is 2.26. The van der Waals surface area contributed by atoms with Crippen molar-refractivity contribution in [3.05, 3.63) is 12.2 Å². The number of rotatable bonds is 15.